The van der Waals surface area contributed by atoms with Crippen molar-refractivity contribution in [2.45, 2.75) is 26.8 Å². The maximum Gasteiger partial charge on any atom is 0.137 e. The van der Waals surface area contributed by atoms with Gasteiger partial charge in [0.15, 0.2) is 0 Å². The molecule has 1 aliphatic heterocycles. The monoisotopic (exact) mass is 281 g/mol. The molecule has 0 aliphatic carbocycles. The van der Waals surface area contributed by atoms with Gasteiger partial charge in [0.25, 0.3) is 0 Å². The van der Waals surface area contributed by atoms with Gasteiger partial charge in [0.05, 0.1) is 5.69 Å². The molecular formula is C18H23N3. The van der Waals surface area contributed by atoms with E-state index in [0.717, 1.165) is 44.1 Å². The summed E-state index contributed by atoms with van der Waals surface area (Å²) < 4.78 is 0. The van der Waals surface area contributed by atoms with E-state index >= 15 is 0 Å². The van der Waals surface area contributed by atoms with Crippen LogP contribution in [0.5, 0.6) is 0 Å². The molecule has 0 saturated carbocycles. The molecule has 0 amide bonds. The Morgan fingerprint density at radius 3 is 2.90 bits per heavy atom. The lowest BCUT2D eigenvalue weighted by Gasteiger charge is -2.28. The van der Waals surface area contributed by atoms with Gasteiger partial charge in [-0.2, -0.15) is 0 Å². The largest absolute Gasteiger partial charge is 0.352 e. The van der Waals surface area contributed by atoms with E-state index in [2.05, 4.69) is 60.5 Å². The van der Waals surface area contributed by atoms with Gasteiger partial charge in [-0.15, -0.1) is 0 Å². The van der Waals surface area contributed by atoms with Gasteiger partial charge in [-0.05, 0) is 31.3 Å². The molecule has 0 fully saturated rings. The normalized spacial score (nSPS) is 15.3. The molecule has 1 aromatic carbocycles. The second-order valence-corrected chi connectivity index (χ2v) is 5.69. The zero-order valence-corrected chi connectivity index (χ0v) is 12.9. The summed E-state index contributed by atoms with van der Waals surface area (Å²) in [4.78, 5) is 7.31. The Balaban J connectivity index is 2.02. The van der Waals surface area contributed by atoms with Gasteiger partial charge < -0.3 is 10.2 Å². The number of nitrogens with one attached hydrogen (secondary N) is 1. The van der Waals surface area contributed by atoms with Crippen LogP contribution in [0, 0.1) is 0 Å². The van der Waals surface area contributed by atoms with E-state index in [4.69, 9.17) is 4.98 Å². The average Bonchev–Trinajstić information content (AvgIpc) is 2.53. The highest BCUT2D eigenvalue weighted by Gasteiger charge is 2.15. The highest BCUT2D eigenvalue weighted by Crippen LogP contribution is 2.27. The lowest BCUT2D eigenvalue weighted by molar-refractivity contribution is 0.706. The van der Waals surface area contributed by atoms with Crippen molar-refractivity contribution in [3.05, 3.63) is 47.7 Å². The molecule has 3 heteroatoms. The van der Waals surface area contributed by atoms with Crippen LogP contribution in [0.4, 0.5) is 5.82 Å². The first-order valence-corrected chi connectivity index (χ1v) is 7.78. The highest BCUT2D eigenvalue weighted by molar-refractivity contribution is 5.92. The van der Waals surface area contributed by atoms with Crippen molar-refractivity contribution in [3.63, 3.8) is 0 Å². The second kappa shape index (κ2) is 6.27. The second-order valence-electron chi connectivity index (χ2n) is 5.69. The van der Waals surface area contributed by atoms with Crippen LogP contribution in [-0.2, 0) is 6.54 Å². The molecular weight excluding hydrogens is 258 g/mol. The molecule has 0 atom stereocenters. The Hall–Kier alpha value is -1.87. The van der Waals surface area contributed by atoms with Crippen LogP contribution in [0.1, 0.15) is 26.0 Å². The van der Waals surface area contributed by atoms with Crippen LogP contribution in [0.15, 0.2) is 42.0 Å². The quantitative estimate of drug-likeness (QED) is 0.869. The van der Waals surface area contributed by atoms with Crippen molar-refractivity contribution in [3.8, 4) is 0 Å². The first kappa shape index (κ1) is 14.1. The van der Waals surface area contributed by atoms with Gasteiger partial charge in [-0.1, -0.05) is 42.8 Å². The summed E-state index contributed by atoms with van der Waals surface area (Å²) in [5, 5.41) is 5.91. The van der Waals surface area contributed by atoms with E-state index in [1.807, 2.05) is 0 Å². The molecule has 2 aromatic rings. The van der Waals surface area contributed by atoms with E-state index in [9.17, 15) is 0 Å². The van der Waals surface area contributed by atoms with Crippen LogP contribution in [0.2, 0.25) is 0 Å². The number of nitrogens with zero attached hydrogens (tertiary/aromatic N) is 2. The lowest BCUT2D eigenvalue weighted by atomic mass is 10.1. The van der Waals surface area contributed by atoms with Crippen LogP contribution < -0.4 is 10.2 Å². The van der Waals surface area contributed by atoms with Crippen LogP contribution >= 0.6 is 0 Å². The van der Waals surface area contributed by atoms with Crippen molar-refractivity contribution in [2.24, 2.45) is 0 Å². The van der Waals surface area contributed by atoms with Crippen molar-refractivity contribution in [1.82, 2.24) is 10.3 Å². The summed E-state index contributed by atoms with van der Waals surface area (Å²) in [6.45, 7) is 8.16. The first-order valence-electron chi connectivity index (χ1n) is 7.78. The molecule has 2 heterocycles. The Bertz CT molecular complexity index is 661. The molecule has 1 aromatic heterocycles. The molecule has 0 spiro atoms. The van der Waals surface area contributed by atoms with Gasteiger partial charge in [-0.3, -0.25) is 0 Å². The third-order valence-corrected chi connectivity index (χ3v) is 4.07. The fourth-order valence-electron chi connectivity index (χ4n) is 2.78. The lowest BCUT2D eigenvalue weighted by Crippen LogP contribution is -2.29. The van der Waals surface area contributed by atoms with Crippen LogP contribution in [0.3, 0.4) is 0 Å². The summed E-state index contributed by atoms with van der Waals surface area (Å²) in [7, 11) is 0. The van der Waals surface area contributed by atoms with Gasteiger partial charge >= 0.3 is 0 Å². The Labute approximate surface area is 126 Å². The van der Waals surface area contributed by atoms with Crippen LogP contribution in [-0.4, -0.2) is 24.6 Å². The van der Waals surface area contributed by atoms with Crippen molar-refractivity contribution >= 4 is 16.6 Å². The van der Waals surface area contributed by atoms with Gasteiger partial charge in [-0.25, -0.2) is 4.98 Å². The van der Waals surface area contributed by atoms with Crippen LogP contribution in [0.25, 0.3) is 10.8 Å². The number of hydrogen-bond acceptors (Lipinski definition) is 3. The fourth-order valence-corrected chi connectivity index (χ4v) is 2.78. The third-order valence-electron chi connectivity index (χ3n) is 4.07. The number of aromatic nitrogens is 1. The molecule has 1 aliphatic rings. The molecule has 0 unspecified atom stereocenters. The number of anilines is 1. The summed E-state index contributed by atoms with van der Waals surface area (Å²) in [6, 6.07) is 10.8. The van der Waals surface area contributed by atoms with E-state index in [1.165, 1.54) is 16.3 Å². The fraction of sp³-hybridized carbons (Fsp3) is 0.389. The Morgan fingerprint density at radius 1 is 1.29 bits per heavy atom. The zero-order valence-electron chi connectivity index (χ0n) is 12.9. The maximum absolute atomic E-state index is 4.92. The zero-order chi connectivity index (χ0) is 14.7. The van der Waals surface area contributed by atoms with Gasteiger partial charge in [0.1, 0.15) is 5.82 Å². The standard InChI is InChI=1S/C18H23N3/c1-3-19-13-16-12-15-6-4-5-7-17(15)18(20-16)21-10-8-14(2)9-11-21/h4-8,12,19H,3,9-11,13H2,1-2H3. The molecule has 0 radical (unpaired) electrons. The molecule has 3 rings (SSSR count). The predicted octanol–water partition coefficient (Wildman–Crippen LogP) is 3.50. The van der Waals surface area contributed by atoms with Crippen molar-refractivity contribution < 1.29 is 0 Å². The molecule has 3 nitrogen and oxygen atoms in total. The maximum atomic E-state index is 4.92. The Kier molecular flexibility index (Phi) is 4.20. The third kappa shape index (κ3) is 3.08. The van der Waals surface area contributed by atoms with Crippen molar-refractivity contribution in [1.29, 1.82) is 0 Å². The minimum absolute atomic E-state index is 0.830. The number of benzene rings is 1. The minimum atomic E-state index is 0.830. The Morgan fingerprint density at radius 2 is 2.14 bits per heavy atom. The summed E-state index contributed by atoms with van der Waals surface area (Å²) >= 11 is 0. The SMILES string of the molecule is CCNCc1cc2ccccc2c(N2CC=C(C)CC2)n1. The summed E-state index contributed by atoms with van der Waals surface area (Å²) in [5.74, 6) is 1.13. The molecule has 0 bridgehead atoms. The smallest absolute Gasteiger partial charge is 0.137 e. The number of hydrogen-bond donors (Lipinski definition) is 1. The highest BCUT2D eigenvalue weighted by atomic mass is 15.2. The predicted molar refractivity (Wildman–Crippen MR) is 89.7 cm³/mol. The van der Waals surface area contributed by atoms with E-state index in [0.29, 0.717) is 0 Å². The van der Waals surface area contributed by atoms with Crippen molar-refractivity contribution in [2.75, 3.05) is 24.5 Å². The average molecular weight is 281 g/mol. The first-order chi connectivity index (χ1) is 10.3. The number of pyridine rings is 1. The van der Waals surface area contributed by atoms with Gasteiger partial charge in [0.2, 0.25) is 0 Å². The summed E-state index contributed by atoms with van der Waals surface area (Å²) in [6.07, 6.45) is 3.45. The molecule has 0 saturated heterocycles. The molecule has 1 N–H and O–H groups in total. The van der Waals surface area contributed by atoms with E-state index in [-0.39, 0.29) is 0 Å². The van der Waals surface area contributed by atoms with E-state index in [1.54, 1.807) is 0 Å². The van der Waals surface area contributed by atoms with Gasteiger partial charge in [0, 0.05) is 25.0 Å². The minimum Gasteiger partial charge on any atom is -0.352 e. The topological polar surface area (TPSA) is 28.2 Å². The number of fused-ring (bicyclic) bond motifs is 1. The van der Waals surface area contributed by atoms with E-state index < -0.39 is 0 Å². The molecule has 110 valence electrons. The summed E-state index contributed by atoms with van der Waals surface area (Å²) in [5.41, 5.74) is 2.61. The molecule has 21 heavy (non-hydrogen) atoms. The number of rotatable bonds is 4.